The van der Waals surface area contributed by atoms with Crippen LogP contribution in [-0.4, -0.2) is 97.6 Å². The summed E-state index contributed by atoms with van der Waals surface area (Å²) in [4.78, 5) is 31.9. The molecule has 0 bridgehead atoms. The zero-order valence-corrected chi connectivity index (χ0v) is 15.6. The lowest BCUT2D eigenvalue weighted by Gasteiger charge is -2.37. The molecule has 24 heavy (non-hydrogen) atoms. The molecule has 2 aliphatic heterocycles. The molecule has 2 rings (SSSR count). The minimum atomic E-state index is -0.0100. The Morgan fingerprint density at radius 1 is 1.04 bits per heavy atom. The Morgan fingerprint density at radius 3 is 2.12 bits per heavy atom. The van der Waals surface area contributed by atoms with Crippen molar-refractivity contribution in [3.8, 4) is 0 Å². The average molecular weight is 339 g/mol. The van der Waals surface area contributed by atoms with Crippen LogP contribution in [0.15, 0.2) is 0 Å². The van der Waals surface area contributed by atoms with Crippen LogP contribution in [-0.2, 0) is 0 Å². The molecule has 138 valence electrons. The average Bonchev–Trinajstić information content (AvgIpc) is 2.59. The first kappa shape index (κ1) is 18.8. The summed E-state index contributed by atoms with van der Waals surface area (Å²) in [6, 6.07) is 0.380. The van der Waals surface area contributed by atoms with E-state index in [1.807, 2.05) is 4.90 Å². The van der Waals surface area contributed by atoms with Crippen molar-refractivity contribution in [1.29, 1.82) is 0 Å². The molecule has 7 heteroatoms. The Kier molecular flexibility index (Phi) is 6.71. The molecule has 2 aliphatic rings. The minimum Gasteiger partial charge on any atom is -0.336 e. The smallest absolute Gasteiger partial charge is 0.319 e. The minimum absolute atomic E-state index is 0.0100. The second kappa shape index (κ2) is 8.55. The molecular formula is C17H33N5O2. The second-order valence-corrected chi connectivity index (χ2v) is 7.40. The molecule has 0 aliphatic carbocycles. The van der Waals surface area contributed by atoms with Gasteiger partial charge in [-0.05, 0) is 38.8 Å². The highest BCUT2D eigenvalue weighted by molar-refractivity contribution is 5.76. The van der Waals surface area contributed by atoms with Crippen LogP contribution in [0, 0.1) is 5.92 Å². The number of piperazine rings is 1. The summed E-state index contributed by atoms with van der Waals surface area (Å²) in [5.41, 5.74) is 0. The number of nitrogens with one attached hydrogen (secondary N) is 1. The second-order valence-electron chi connectivity index (χ2n) is 7.40. The van der Waals surface area contributed by atoms with Gasteiger partial charge in [-0.1, -0.05) is 6.92 Å². The molecule has 1 atom stereocenters. The standard InChI is InChI=1S/C17H33N5O2/c1-14-5-7-20(8-6-14)15(2)13-18-16(23)21-9-11-22(12-10-21)17(24)19(3)4/h14-15H,5-13H2,1-4H3,(H,18,23). The Labute approximate surface area is 145 Å². The Morgan fingerprint density at radius 2 is 1.58 bits per heavy atom. The van der Waals surface area contributed by atoms with Crippen LogP contribution in [0.5, 0.6) is 0 Å². The summed E-state index contributed by atoms with van der Waals surface area (Å²) < 4.78 is 0. The number of likely N-dealkylation sites (tertiary alicyclic amines) is 1. The fourth-order valence-corrected chi connectivity index (χ4v) is 3.33. The monoisotopic (exact) mass is 339 g/mol. The molecule has 4 amide bonds. The highest BCUT2D eigenvalue weighted by atomic mass is 16.2. The number of hydrogen-bond donors (Lipinski definition) is 1. The predicted octanol–water partition coefficient (Wildman–Crippen LogP) is 1.12. The van der Waals surface area contributed by atoms with Gasteiger partial charge in [0.25, 0.3) is 0 Å². The molecule has 2 heterocycles. The molecule has 0 radical (unpaired) electrons. The summed E-state index contributed by atoms with van der Waals surface area (Å²) in [5.74, 6) is 0.823. The highest BCUT2D eigenvalue weighted by Crippen LogP contribution is 2.17. The summed E-state index contributed by atoms with van der Waals surface area (Å²) in [6.07, 6.45) is 2.50. The molecule has 0 saturated carbocycles. The maximum atomic E-state index is 12.3. The van der Waals surface area contributed by atoms with Gasteiger partial charge >= 0.3 is 12.1 Å². The summed E-state index contributed by atoms with van der Waals surface area (Å²) in [7, 11) is 3.51. The van der Waals surface area contributed by atoms with Crippen LogP contribution in [0.25, 0.3) is 0 Å². The van der Waals surface area contributed by atoms with Gasteiger partial charge < -0.3 is 20.0 Å². The zero-order chi connectivity index (χ0) is 17.7. The quantitative estimate of drug-likeness (QED) is 0.838. The van der Waals surface area contributed by atoms with Crippen molar-refractivity contribution in [2.45, 2.75) is 32.7 Å². The van der Waals surface area contributed by atoms with Crippen molar-refractivity contribution in [3.05, 3.63) is 0 Å². The van der Waals surface area contributed by atoms with Gasteiger partial charge in [0.05, 0.1) is 0 Å². The van der Waals surface area contributed by atoms with Crippen molar-refractivity contribution < 1.29 is 9.59 Å². The number of nitrogens with zero attached hydrogens (tertiary/aromatic N) is 4. The number of piperidine rings is 1. The maximum Gasteiger partial charge on any atom is 0.319 e. The molecular weight excluding hydrogens is 306 g/mol. The van der Waals surface area contributed by atoms with E-state index in [2.05, 4.69) is 24.1 Å². The predicted molar refractivity (Wildman–Crippen MR) is 95.1 cm³/mol. The van der Waals surface area contributed by atoms with Gasteiger partial charge in [-0.2, -0.15) is 0 Å². The van der Waals surface area contributed by atoms with Gasteiger partial charge in [-0.25, -0.2) is 9.59 Å². The molecule has 1 unspecified atom stereocenters. The van der Waals surface area contributed by atoms with Gasteiger partial charge in [0.1, 0.15) is 0 Å². The van der Waals surface area contributed by atoms with Crippen molar-refractivity contribution in [3.63, 3.8) is 0 Å². The van der Waals surface area contributed by atoms with Crippen LogP contribution in [0.4, 0.5) is 9.59 Å². The van der Waals surface area contributed by atoms with Crippen LogP contribution >= 0.6 is 0 Å². The lowest BCUT2D eigenvalue weighted by atomic mass is 9.98. The van der Waals surface area contributed by atoms with E-state index in [4.69, 9.17) is 0 Å². The van der Waals surface area contributed by atoms with Crippen LogP contribution in [0.2, 0.25) is 0 Å². The third-order valence-electron chi connectivity index (χ3n) is 5.21. The third-order valence-corrected chi connectivity index (χ3v) is 5.21. The molecule has 1 N–H and O–H groups in total. The Hall–Kier alpha value is -1.50. The number of rotatable bonds is 3. The summed E-state index contributed by atoms with van der Waals surface area (Å²) in [6.45, 7) is 9.83. The normalized spacial score (nSPS) is 21.5. The van der Waals surface area contributed by atoms with E-state index in [0.29, 0.717) is 38.8 Å². The lowest BCUT2D eigenvalue weighted by molar-refractivity contribution is 0.123. The largest absolute Gasteiger partial charge is 0.336 e. The maximum absolute atomic E-state index is 12.3. The zero-order valence-electron chi connectivity index (χ0n) is 15.6. The van der Waals surface area contributed by atoms with Gasteiger partial charge in [0.2, 0.25) is 0 Å². The Bertz CT molecular complexity index is 427. The van der Waals surface area contributed by atoms with Crippen molar-refractivity contribution in [2.75, 3.05) is 59.9 Å². The van der Waals surface area contributed by atoms with Gasteiger partial charge in [0, 0.05) is 52.9 Å². The van der Waals surface area contributed by atoms with Crippen LogP contribution in [0.3, 0.4) is 0 Å². The van der Waals surface area contributed by atoms with Gasteiger partial charge in [-0.3, -0.25) is 4.90 Å². The van der Waals surface area contributed by atoms with E-state index in [-0.39, 0.29) is 12.1 Å². The number of carbonyl (C=O) groups is 2. The first-order valence-corrected chi connectivity index (χ1v) is 9.11. The van der Waals surface area contributed by atoms with E-state index in [9.17, 15) is 9.59 Å². The van der Waals surface area contributed by atoms with E-state index in [1.54, 1.807) is 23.9 Å². The molecule has 0 aromatic heterocycles. The Balaban J connectivity index is 1.69. The third kappa shape index (κ3) is 5.00. The van der Waals surface area contributed by atoms with Crippen LogP contribution < -0.4 is 5.32 Å². The van der Waals surface area contributed by atoms with Crippen molar-refractivity contribution in [2.24, 2.45) is 5.92 Å². The lowest BCUT2D eigenvalue weighted by Crippen LogP contribution is -2.56. The van der Waals surface area contributed by atoms with Crippen molar-refractivity contribution >= 4 is 12.1 Å². The molecule has 2 saturated heterocycles. The molecule has 0 aromatic rings. The summed E-state index contributed by atoms with van der Waals surface area (Å²) in [5, 5.41) is 3.06. The number of urea groups is 2. The van der Waals surface area contributed by atoms with E-state index < -0.39 is 0 Å². The van der Waals surface area contributed by atoms with Gasteiger partial charge in [-0.15, -0.1) is 0 Å². The van der Waals surface area contributed by atoms with Gasteiger partial charge in [0.15, 0.2) is 0 Å². The SMILES string of the molecule is CC1CCN(C(C)CNC(=O)N2CCN(C(=O)N(C)C)CC2)CC1. The fraction of sp³-hybridized carbons (Fsp3) is 0.882. The molecule has 2 fully saturated rings. The number of hydrogen-bond acceptors (Lipinski definition) is 3. The first-order valence-electron chi connectivity index (χ1n) is 9.11. The first-order chi connectivity index (χ1) is 11.4. The van der Waals surface area contributed by atoms with Crippen molar-refractivity contribution in [1.82, 2.24) is 24.9 Å². The molecule has 0 aromatic carbocycles. The van der Waals surface area contributed by atoms with Crippen LogP contribution in [0.1, 0.15) is 26.7 Å². The molecule has 7 nitrogen and oxygen atoms in total. The number of carbonyl (C=O) groups excluding carboxylic acids is 2. The number of amides is 4. The van der Waals surface area contributed by atoms with E-state index in [1.165, 1.54) is 12.8 Å². The topological polar surface area (TPSA) is 59.1 Å². The molecule has 0 spiro atoms. The summed E-state index contributed by atoms with van der Waals surface area (Å²) >= 11 is 0. The highest BCUT2D eigenvalue weighted by Gasteiger charge is 2.26. The fourth-order valence-electron chi connectivity index (χ4n) is 3.33. The van der Waals surface area contributed by atoms with E-state index in [0.717, 1.165) is 19.0 Å². The van der Waals surface area contributed by atoms with E-state index >= 15 is 0 Å².